The minimum atomic E-state index is 0.720. The van der Waals surface area contributed by atoms with Crippen molar-refractivity contribution in [3.8, 4) is 6.07 Å². The highest BCUT2D eigenvalue weighted by atomic mass is 14.7. The molecule has 0 amide bonds. The molecule has 0 fully saturated rings. The van der Waals surface area contributed by atoms with Crippen molar-refractivity contribution in [3.63, 3.8) is 0 Å². The van der Waals surface area contributed by atoms with Crippen LogP contribution in [0.25, 0.3) is 10.9 Å². The molecule has 2 nitrogen and oxygen atoms in total. The maximum atomic E-state index is 8.85. The molecule has 0 atom stereocenters. The van der Waals surface area contributed by atoms with Crippen molar-refractivity contribution in [2.75, 3.05) is 0 Å². The van der Waals surface area contributed by atoms with E-state index in [1.165, 1.54) is 5.69 Å². The van der Waals surface area contributed by atoms with Crippen LogP contribution < -0.4 is 0 Å². The predicted octanol–water partition coefficient (Wildman–Crippen LogP) is 2.60. The molecule has 1 aromatic carbocycles. The number of nitrogens with one attached hydrogen (secondary N) is 1. The summed E-state index contributed by atoms with van der Waals surface area (Å²) < 4.78 is 0. The molecule has 1 aromatic heterocycles. The van der Waals surface area contributed by atoms with Gasteiger partial charge in [-0.1, -0.05) is 19.1 Å². The van der Waals surface area contributed by atoms with Gasteiger partial charge >= 0.3 is 0 Å². The van der Waals surface area contributed by atoms with Crippen LogP contribution in [0.3, 0.4) is 0 Å². The molecule has 0 saturated heterocycles. The maximum absolute atomic E-state index is 8.85. The number of fused-ring (bicyclic) bond motifs is 1. The van der Waals surface area contributed by atoms with Gasteiger partial charge in [-0.3, -0.25) is 0 Å². The van der Waals surface area contributed by atoms with Crippen molar-refractivity contribution in [3.05, 3.63) is 35.5 Å². The van der Waals surface area contributed by atoms with Gasteiger partial charge in [0.2, 0.25) is 0 Å². The number of rotatable bonds is 1. The summed E-state index contributed by atoms with van der Waals surface area (Å²) in [6, 6.07) is 10.0. The topological polar surface area (TPSA) is 39.6 Å². The molecule has 64 valence electrons. The van der Waals surface area contributed by atoms with Gasteiger partial charge < -0.3 is 4.98 Å². The van der Waals surface area contributed by atoms with Crippen LogP contribution in [0.2, 0.25) is 0 Å². The summed E-state index contributed by atoms with van der Waals surface area (Å²) in [6.07, 6.45) is 0.972. The number of H-pyrrole nitrogens is 1. The van der Waals surface area contributed by atoms with Crippen LogP contribution in [0.1, 0.15) is 18.2 Å². The minimum absolute atomic E-state index is 0.720. The molecule has 1 heterocycles. The predicted molar refractivity (Wildman–Crippen MR) is 52.4 cm³/mol. The highest BCUT2D eigenvalue weighted by Gasteiger charge is 2.02. The van der Waals surface area contributed by atoms with Crippen LogP contribution in [0, 0.1) is 11.3 Å². The third-order valence-electron chi connectivity index (χ3n) is 2.21. The number of aromatic nitrogens is 1. The fourth-order valence-corrected chi connectivity index (χ4v) is 1.50. The molecule has 0 radical (unpaired) electrons. The van der Waals surface area contributed by atoms with Gasteiger partial charge in [-0.25, -0.2) is 0 Å². The summed E-state index contributed by atoms with van der Waals surface area (Å²) in [5.74, 6) is 0. The van der Waals surface area contributed by atoms with Crippen molar-refractivity contribution in [1.82, 2.24) is 4.98 Å². The summed E-state index contributed by atoms with van der Waals surface area (Å²) in [6.45, 7) is 2.09. The van der Waals surface area contributed by atoms with E-state index in [4.69, 9.17) is 5.26 Å². The Hall–Kier alpha value is -1.75. The van der Waals surface area contributed by atoms with Crippen molar-refractivity contribution in [1.29, 1.82) is 5.26 Å². The lowest BCUT2D eigenvalue weighted by Gasteiger charge is -1.90. The van der Waals surface area contributed by atoms with E-state index in [0.29, 0.717) is 0 Å². The van der Waals surface area contributed by atoms with Gasteiger partial charge in [0.25, 0.3) is 0 Å². The summed E-state index contributed by atoms with van der Waals surface area (Å²) >= 11 is 0. The Morgan fingerprint density at radius 2 is 2.31 bits per heavy atom. The van der Waals surface area contributed by atoms with Crippen LogP contribution >= 0.6 is 0 Å². The zero-order valence-electron chi connectivity index (χ0n) is 7.46. The number of aryl methyl sites for hydroxylation is 1. The molecule has 13 heavy (non-hydrogen) atoms. The Kier molecular flexibility index (Phi) is 1.79. The van der Waals surface area contributed by atoms with Crippen LogP contribution in [-0.2, 0) is 6.42 Å². The van der Waals surface area contributed by atoms with Crippen LogP contribution in [0.5, 0.6) is 0 Å². The molecule has 0 aliphatic heterocycles. The zero-order valence-corrected chi connectivity index (χ0v) is 7.46. The van der Waals surface area contributed by atoms with Crippen molar-refractivity contribution in [2.24, 2.45) is 0 Å². The van der Waals surface area contributed by atoms with E-state index in [2.05, 4.69) is 24.0 Å². The van der Waals surface area contributed by atoms with Gasteiger partial charge in [-0.05, 0) is 18.6 Å². The Bertz CT molecular complexity index is 474. The Morgan fingerprint density at radius 1 is 1.46 bits per heavy atom. The smallest absolute Gasteiger partial charge is 0.101 e. The Morgan fingerprint density at radius 3 is 3.00 bits per heavy atom. The van der Waals surface area contributed by atoms with E-state index in [9.17, 15) is 0 Å². The van der Waals surface area contributed by atoms with Gasteiger partial charge in [0.15, 0.2) is 0 Å². The SMILES string of the molecule is CCc1cc2cccc(C#N)c2[nH]1. The molecule has 0 spiro atoms. The molecule has 0 aliphatic rings. The lowest BCUT2D eigenvalue weighted by atomic mass is 10.1. The summed E-state index contributed by atoms with van der Waals surface area (Å²) in [4.78, 5) is 3.24. The monoisotopic (exact) mass is 170 g/mol. The zero-order chi connectivity index (χ0) is 9.26. The molecule has 2 heteroatoms. The highest BCUT2D eigenvalue weighted by Crippen LogP contribution is 2.18. The lowest BCUT2D eigenvalue weighted by Crippen LogP contribution is -1.79. The number of nitrogens with zero attached hydrogens (tertiary/aromatic N) is 1. The van der Waals surface area contributed by atoms with E-state index >= 15 is 0 Å². The van der Waals surface area contributed by atoms with Gasteiger partial charge in [0.05, 0.1) is 11.1 Å². The molecule has 1 N–H and O–H groups in total. The second-order valence-electron chi connectivity index (χ2n) is 3.03. The first-order chi connectivity index (χ1) is 6.35. The second kappa shape index (κ2) is 2.95. The van der Waals surface area contributed by atoms with Crippen LogP contribution in [-0.4, -0.2) is 4.98 Å². The van der Waals surface area contributed by atoms with Crippen LogP contribution in [0.15, 0.2) is 24.3 Å². The molecule has 2 rings (SSSR count). The third kappa shape index (κ3) is 1.19. The number of benzene rings is 1. The number of nitriles is 1. The van der Waals surface area contributed by atoms with E-state index in [-0.39, 0.29) is 0 Å². The number of para-hydroxylation sites is 1. The Balaban J connectivity index is 2.76. The highest BCUT2D eigenvalue weighted by molar-refractivity contribution is 5.85. The van der Waals surface area contributed by atoms with E-state index < -0.39 is 0 Å². The largest absolute Gasteiger partial charge is 0.357 e. The standard InChI is InChI=1S/C11H10N2/c1-2-10-6-8-4-3-5-9(7-12)11(8)13-10/h3-6,13H,2H2,1H3. The van der Waals surface area contributed by atoms with Crippen molar-refractivity contribution >= 4 is 10.9 Å². The number of aromatic amines is 1. The van der Waals surface area contributed by atoms with Gasteiger partial charge in [-0.15, -0.1) is 0 Å². The molecule has 0 bridgehead atoms. The maximum Gasteiger partial charge on any atom is 0.101 e. The fourth-order valence-electron chi connectivity index (χ4n) is 1.50. The van der Waals surface area contributed by atoms with Crippen molar-refractivity contribution < 1.29 is 0 Å². The number of hydrogen-bond donors (Lipinski definition) is 1. The van der Waals surface area contributed by atoms with Crippen molar-refractivity contribution in [2.45, 2.75) is 13.3 Å². The molecule has 0 aliphatic carbocycles. The van der Waals surface area contributed by atoms with E-state index in [1.54, 1.807) is 0 Å². The van der Waals surface area contributed by atoms with E-state index in [1.807, 2.05) is 18.2 Å². The average Bonchev–Trinajstić information content (AvgIpc) is 2.59. The van der Waals surface area contributed by atoms with Gasteiger partial charge in [0.1, 0.15) is 6.07 Å². The first-order valence-electron chi connectivity index (χ1n) is 4.36. The first kappa shape index (κ1) is 7.88. The quantitative estimate of drug-likeness (QED) is 0.702. The van der Waals surface area contributed by atoms with Gasteiger partial charge in [-0.2, -0.15) is 5.26 Å². The summed E-state index contributed by atoms with van der Waals surface area (Å²) in [5, 5.41) is 9.97. The molecular formula is C11H10N2. The van der Waals surface area contributed by atoms with Crippen LogP contribution in [0.4, 0.5) is 0 Å². The minimum Gasteiger partial charge on any atom is -0.357 e. The summed E-state index contributed by atoms with van der Waals surface area (Å²) in [5.41, 5.74) is 2.86. The molecule has 0 saturated carbocycles. The van der Waals surface area contributed by atoms with E-state index in [0.717, 1.165) is 22.9 Å². The average molecular weight is 170 g/mol. The molecular weight excluding hydrogens is 160 g/mol. The third-order valence-corrected chi connectivity index (χ3v) is 2.21. The van der Waals surface area contributed by atoms with Gasteiger partial charge in [0, 0.05) is 11.1 Å². The molecule has 2 aromatic rings. The Labute approximate surface area is 76.8 Å². The summed E-state index contributed by atoms with van der Waals surface area (Å²) in [7, 11) is 0. The number of hydrogen-bond acceptors (Lipinski definition) is 1. The first-order valence-corrected chi connectivity index (χ1v) is 4.36. The fraction of sp³-hybridized carbons (Fsp3) is 0.182. The second-order valence-corrected chi connectivity index (χ2v) is 3.03. The lowest BCUT2D eigenvalue weighted by molar-refractivity contribution is 1.07. The molecule has 0 unspecified atom stereocenters. The normalized spacial score (nSPS) is 10.2.